The number of aromatic nitrogens is 6. The number of nitrogens with one attached hydrogen (secondary N) is 1. The summed E-state index contributed by atoms with van der Waals surface area (Å²) in [7, 11) is 1.70. The van der Waals surface area contributed by atoms with Crippen molar-refractivity contribution in [1.29, 1.82) is 0 Å². The van der Waals surface area contributed by atoms with Crippen molar-refractivity contribution < 1.29 is 9.26 Å². The standard InChI is InChI=1S/C27H31ClN6O3/c1-5-17-6-8-18(9-7-17)16(3)34-24-21(31-26(34)15(2)14-36-4)11-22(25-32-27(35)37-33-25)30-23(24)19-10-20(28)13-29-12-19/h5,10-13,15-18H,1,6-9,14H2,2-4H3,(H,32,33,35). The summed E-state index contributed by atoms with van der Waals surface area (Å²) < 4.78 is 12.6. The lowest BCUT2D eigenvalue weighted by Crippen LogP contribution is -2.24. The number of aromatic amines is 1. The van der Waals surface area contributed by atoms with Gasteiger partial charge in [-0.05, 0) is 56.6 Å². The first kappa shape index (κ1) is 25.4. The van der Waals surface area contributed by atoms with Crippen molar-refractivity contribution >= 4 is 22.6 Å². The third kappa shape index (κ3) is 4.98. The molecule has 1 aliphatic rings. The minimum absolute atomic E-state index is 0.0463. The molecule has 2 atom stereocenters. The van der Waals surface area contributed by atoms with Crippen LogP contribution in [0.1, 0.15) is 57.3 Å². The molecule has 4 aromatic rings. The molecule has 9 nitrogen and oxygen atoms in total. The van der Waals surface area contributed by atoms with Crippen LogP contribution >= 0.6 is 11.6 Å². The Hall–Kier alpha value is -3.30. The van der Waals surface area contributed by atoms with Crippen molar-refractivity contribution in [3.63, 3.8) is 0 Å². The predicted molar refractivity (Wildman–Crippen MR) is 143 cm³/mol. The molecular weight excluding hydrogens is 492 g/mol. The highest BCUT2D eigenvalue weighted by molar-refractivity contribution is 6.30. The van der Waals surface area contributed by atoms with Crippen LogP contribution in [0, 0.1) is 11.8 Å². The van der Waals surface area contributed by atoms with E-state index in [1.165, 1.54) is 0 Å². The number of hydrogen-bond acceptors (Lipinski definition) is 7. The molecule has 1 saturated carbocycles. The molecular formula is C27H31ClN6O3. The fraction of sp³-hybridized carbons (Fsp3) is 0.444. The normalized spacial score (nSPS) is 19.7. The number of imidazole rings is 1. The molecule has 194 valence electrons. The first-order chi connectivity index (χ1) is 17.9. The number of halogens is 1. The molecule has 0 aliphatic heterocycles. The lowest BCUT2D eigenvalue weighted by atomic mass is 9.79. The second-order valence-corrected chi connectivity index (χ2v) is 10.3. The van der Waals surface area contributed by atoms with Crippen LogP contribution in [0.5, 0.6) is 0 Å². The number of methoxy groups -OCH3 is 1. The largest absolute Gasteiger partial charge is 0.439 e. The molecule has 0 aromatic carbocycles. The van der Waals surface area contributed by atoms with Crippen molar-refractivity contribution in [2.45, 2.75) is 51.5 Å². The smallest absolute Gasteiger partial charge is 0.384 e. The van der Waals surface area contributed by atoms with Gasteiger partial charge in [-0.2, -0.15) is 0 Å². The van der Waals surface area contributed by atoms with E-state index in [1.54, 1.807) is 19.5 Å². The minimum Gasteiger partial charge on any atom is -0.384 e. The van der Waals surface area contributed by atoms with Gasteiger partial charge < -0.3 is 9.30 Å². The highest BCUT2D eigenvalue weighted by Gasteiger charge is 2.31. The molecule has 0 radical (unpaired) electrons. The fourth-order valence-corrected chi connectivity index (χ4v) is 5.68. The Morgan fingerprint density at radius 2 is 2.03 bits per heavy atom. The first-order valence-corrected chi connectivity index (χ1v) is 13.0. The summed E-state index contributed by atoms with van der Waals surface area (Å²) in [4.78, 5) is 28.6. The van der Waals surface area contributed by atoms with E-state index in [1.807, 2.05) is 12.1 Å². The molecule has 0 bridgehead atoms. The van der Waals surface area contributed by atoms with Crippen LogP contribution in [-0.4, -0.2) is 43.4 Å². The van der Waals surface area contributed by atoms with E-state index in [0.717, 1.165) is 48.1 Å². The van der Waals surface area contributed by atoms with E-state index in [4.69, 9.17) is 30.8 Å². The number of H-pyrrole nitrogens is 1. The molecule has 37 heavy (non-hydrogen) atoms. The summed E-state index contributed by atoms with van der Waals surface area (Å²) in [6.07, 6.45) is 9.93. The zero-order valence-corrected chi connectivity index (χ0v) is 22.0. The number of nitrogens with zero attached hydrogens (tertiary/aromatic N) is 5. The highest BCUT2D eigenvalue weighted by atomic mass is 35.5. The van der Waals surface area contributed by atoms with Gasteiger partial charge in [-0.3, -0.25) is 14.5 Å². The SMILES string of the molecule is C=CC1CCC(C(C)n2c(C(C)COC)nc3cc(-c4noc(=O)[nH]4)nc(-c4cncc(Cl)c4)c32)CC1. The number of ether oxygens (including phenoxy) is 1. The van der Waals surface area contributed by atoms with Gasteiger partial charge >= 0.3 is 5.76 Å². The van der Waals surface area contributed by atoms with Crippen molar-refractivity contribution in [2.24, 2.45) is 11.8 Å². The Morgan fingerprint density at radius 1 is 1.24 bits per heavy atom. The molecule has 5 rings (SSSR count). The molecule has 0 spiro atoms. The molecule has 1 aliphatic carbocycles. The summed E-state index contributed by atoms with van der Waals surface area (Å²) in [5.74, 6) is 1.63. The van der Waals surface area contributed by atoms with E-state index >= 15 is 0 Å². The van der Waals surface area contributed by atoms with Crippen molar-refractivity contribution in [3.8, 4) is 22.8 Å². The number of hydrogen-bond donors (Lipinski definition) is 1. The van der Waals surface area contributed by atoms with Gasteiger partial charge in [0.25, 0.3) is 0 Å². The summed E-state index contributed by atoms with van der Waals surface area (Å²) in [5, 5.41) is 4.36. The van der Waals surface area contributed by atoms with Crippen LogP contribution in [0.2, 0.25) is 5.02 Å². The number of rotatable bonds is 8. The molecule has 4 heterocycles. The Kier molecular flexibility index (Phi) is 7.26. The second-order valence-electron chi connectivity index (χ2n) is 9.91. The quantitative estimate of drug-likeness (QED) is 0.291. The lowest BCUT2D eigenvalue weighted by molar-refractivity contribution is 0.176. The van der Waals surface area contributed by atoms with E-state index in [9.17, 15) is 4.79 Å². The van der Waals surface area contributed by atoms with Crippen molar-refractivity contribution in [3.05, 3.63) is 58.6 Å². The predicted octanol–water partition coefficient (Wildman–Crippen LogP) is 5.79. The molecule has 0 saturated heterocycles. The highest BCUT2D eigenvalue weighted by Crippen LogP contribution is 2.41. The fourth-order valence-electron chi connectivity index (χ4n) is 5.50. The number of fused-ring (bicyclic) bond motifs is 1. The maximum atomic E-state index is 11.7. The van der Waals surface area contributed by atoms with Crippen LogP contribution in [-0.2, 0) is 4.74 Å². The van der Waals surface area contributed by atoms with Gasteiger partial charge in [-0.15, -0.1) is 6.58 Å². The first-order valence-electron chi connectivity index (χ1n) is 12.6. The van der Waals surface area contributed by atoms with Gasteiger partial charge in [-0.1, -0.05) is 29.8 Å². The topological polar surface area (TPSA) is 112 Å². The average Bonchev–Trinajstić information content (AvgIpc) is 3.51. The van der Waals surface area contributed by atoms with Crippen molar-refractivity contribution in [1.82, 2.24) is 29.7 Å². The van der Waals surface area contributed by atoms with Crippen LogP contribution in [0.4, 0.5) is 0 Å². The maximum absolute atomic E-state index is 11.7. The average molecular weight is 523 g/mol. The molecule has 2 unspecified atom stereocenters. The zero-order chi connectivity index (χ0) is 26.1. The van der Waals surface area contributed by atoms with E-state index < -0.39 is 5.76 Å². The van der Waals surface area contributed by atoms with Gasteiger partial charge in [0, 0.05) is 37.0 Å². The summed E-state index contributed by atoms with van der Waals surface area (Å²) in [6, 6.07) is 3.85. The number of pyridine rings is 2. The lowest BCUT2D eigenvalue weighted by Gasteiger charge is -2.33. The summed E-state index contributed by atoms with van der Waals surface area (Å²) in [6.45, 7) is 8.92. The Bertz CT molecular complexity index is 1470. The van der Waals surface area contributed by atoms with Gasteiger partial charge in [0.1, 0.15) is 11.5 Å². The number of allylic oxidation sites excluding steroid dienone is 1. The maximum Gasteiger partial charge on any atom is 0.439 e. The van der Waals surface area contributed by atoms with E-state index in [-0.39, 0.29) is 17.8 Å². The third-order valence-corrected chi connectivity index (χ3v) is 7.66. The third-order valence-electron chi connectivity index (χ3n) is 7.45. The molecule has 10 heteroatoms. The van der Waals surface area contributed by atoms with Gasteiger partial charge in [0.05, 0.1) is 28.4 Å². The zero-order valence-electron chi connectivity index (χ0n) is 21.3. The second kappa shape index (κ2) is 10.6. The Morgan fingerprint density at radius 3 is 2.68 bits per heavy atom. The van der Waals surface area contributed by atoms with Gasteiger partial charge in [0.15, 0.2) is 0 Å². The molecule has 4 aromatic heterocycles. The van der Waals surface area contributed by atoms with Gasteiger partial charge in [-0.25, -0.2) is 14.8 Å². The summed E-state index contributed by atoms with van der Waals surface area (Å²) >= 11 is 6.34. The Labute approximate surface area is 219 Å². The molecule has 0 amide bonds. The van der Waals surface area contributed by atoms with Crippen LogP contribution in [0.25, 0.3) is 33.8 Å². The van der Waals surface area contributed by atoms with Crippen molar-refractivity contribution in [2.75, 3.05) is 13.7 Å². The van der Waals surface area contributed by atoms with Gasteiger partial charge in [0.2, 0.25) is 5.82 Å². The van der Waals surface area contributed by atoms with Crippen LogP contribution in [0.15, 0.2) is 46.5 Å². The van der Waals surface area contributed by atoms with E-state index in [0.29, 0.717) is 34.9 Å². The van der Waals surface area contributed by atoms with Crippen LogP contribution < -0.4 is 5.76 Å². The van der Waals surface area contributed by atoms with E-state index in [2.05, 4.69) is 46.2 Å². The Balaban J connectivity index is 1.75. The molecule has 1 N–H and O–H groups in total. The van der Waals surface area contributed by atoms with Crippen LogP contribution in [0.3, 0.4) is 0 Å². The monoisotopic (exact) mass is 522 g/mol. The summed E-state index contributed by atoms with van der Waals surface area (Å²) in [5.41, 5.74) is 3.51. The minimum atomic E-state index is -0.647. The molecule has 1 fully saturated rings.